The van der Waals surface area contributed by atoms with Gasteiger partial charge in [0.1, 0.15) is 5.75 Å². The first kappa shape index (κ1) is 14.8. The molecule has 23 heavy (non-hydrogen) atoms. The number of carboxylic acid groups (broad SMARTS) is 1. The molecule has 3 aromatic rings. The fourth-order valence-electron chi connectivity index (χ4n) is 2.50. The van der Waals surface area contributed by atoms with Crippen LogP contribution in [0.15, 0.2) is 71.7 Å². The van der Waals surface area contributed by atoms with E-state index in [1.54, 1.807) is 30.3 Å². The second-order valence-corrected chi connectivity index (χ2v) is 5.15. The molecule has 2 N–H and O–H groups in total. The molecule has 4 heteroatoms. The third kappa shape index (κ3) is 3.06. The number of hydrogen-bond donors (Lipinski definition) is 2. The lowest BCUT2D eigenvalue weighted by Gasteiger charge is -2.09. The highest BCUT2D eigenvalue weighted by Crippen LogP contribution is 2.26. The SMILES string of the molecule is O=C(O)[C@@H](N=Cc1c(O)ccc2ccccc12)c1ccccc1. The summed E-state index contributed by atoms with van der Waals surface area (Å²) in [6.07, 6.45) is 1.43. The van der Waals surface area contributed by atoms with Crippen molar-refractivity contribution < 1.29 is 15.0 Å². The number of aromatic hydroxyl groups is 1. The van der Waals surface area contributed by atoms with Gasteiger partial charge in [0.05, 0.1) is 0 Å². The maximum atomic E-state index is 11.5. The molecular weight excluding hydrogens is 290 g/mol. The zero-order valence-corrected chi connectivity index (χ0v) is 12.3. The predicted molar refractivity (Wildman–Crippen MR) is 90.0 cm³/mol. The molecular formula is C19H15NO3. The summed E-state index contributed by atoms with van der Waals surface area (Å²) >= 11 is 0. The summed E-state index contributed by atoms with van der Waals surface area (Å²) in [6.45, 7) is 0. The Balaban J connectivity index is 2.05. The zero-order valence-electron chi connectivity index (χ0n) is 12.3. The molecule has 0 amide bonds. The van der Waals surface area contributed by atoms with Crippen LogP contribution in [0.5, 0.6) is 5.75 Å². The number of benzene rings is 3. The van der Waals surface area contributed by atoms with Crippen molar-refractivity contribution in [1.82, 2.24) is 0 Å². The van der Waals surface area contributed by atoms with Crippen molar-refractivity contribution in [2.45, 2.75) is 6.04 Å². The standard InChI is InChI=1S/C19H15NO3/c21-17-11-10-13-6-4-5-9-15(13)16(17)12-20-18(19(22)23)14-7-2-1-3-8-14/h1-12,18,21H,(H,22,23)/t18-/m0/s1. The van der Waals surface area contributed by atoms with E-state index in [0.717, 1.165) is 10.8 Å². The van der Waals surface area contributed by atoms with Crippen LogP contribution in [0.4, 0.5) is 0 Å². The molecule has 3 aromatic carbocycles. The highest BCUT2D eigenvalue weighted by molar-refractivity contribution is 6.02. The number of hydrogen-bond acceptors (Lipinski definition) is 3. The van der Waals surface area contributed by atoms with Crippen molar-refractivity contribution >= 4 is 23.0 Å². The third-order valence-corrected chi connectivity index (χ3v) is 3.65. The van der Waals surface area contributed by atoms with Gasteiger partial charge < -0.3 is 10.2 Å². The fourth-order valence-corrected chi connectivity index (χ4v) is 2.50. The predicted octanol–water partition coefficient (Wildman–Crippen LogP) is 3.79. The number of aliphatic carboxylic acids is 1. The van der Waals surface area contributed by atoms with E-state index in [1.807, 2.05) is 36.4 Å². The first-order valence-corrected chi connectivity index (χ1v) is 7.18. The molecule has 0 aliphatic rings. The van der Waals surface area contributed by atoms with E-state index >= 15 is 0 Å². The molecule has 0 radical (unpaired) electrons. The molecule has 0 heterocycles. The normalized spacial score (nSPS) is 12.5. The molecule has 0 saturated heterocycles. The van der Waals surface area contributed by atoms with Gasteiger partial charge in [0.2, 0.25) is 0 Å². The maximum absolute atomic E-state index is 11.5. The Morgan fingerprint density at radius 1 is 0.957 bits per heavy atom. The Morgan fingerprint density at radius 3 is 2.39 bits per heavy atom. The first-order valence-electron chi connectivity index (χ1n) is 7.18. The lowest BCUT2D eigenvalue weighted by atomic mass is 10.0. The van der Waals surface area contributed by atoms with Crippen LogP contribution in [0.2, 0.25) is 0 Å². The smallest absolute Gasteiger partial charge is 0.333 e. The maximum Gasteiger partial charge on any atom is 0.333 e. The Bertz CT molecular complexity index is 872. The quantitative estimate of drug-likeness (QED) is 0.720. The number of carboxylic acids is 1. The van der Waals surface area contributed by atoms with E-state index in [2.05, 4.69) is 4.99 Å². The largest absolute Gasteiger partial charge is 0.507 e. The number of phenols is 1. The highest BCUT2D eigenvalue weighted by Gasteiger charge is 2.17. The minimum atomic E-state index is -1.04. The Morgan fingerprint density at radius 2 is 1.65 bits per heavy atom. The molecule has 114 valence electrons. The van der Waals surface area contributed by atoms with Crippen LogP contribution in [-0.2, 0) is 4.79 Å². The second-order valence-electron chi connectivity index (χ2n) is 5.15. The number of aliphatic imine (C=N–C) groups is 1. The van der Waals surface area contributed by atoms with Gasteiger partial charge in [0, 0.05) is 11.8 Å². The van der Waals surface area contributed by atoms with Gasteiger partial charge in [0.25, 0.3) is 0 Å². The monoisotopic (exact) mass is 305 g/mol. The Labute approximate surface area is 133 Å². The number of carbonyl (C=O) groups is 1. The van der Waals surface area contributed by atoms with Gasteiger partial charge in [-0.2, -0.15) is 0 Å². The van der Waals surface area contributed by atoms with Gasteiger partial charge in [-0.05, 0) is 22.4 Å². The number of nitrogens with zero attached hydrogens (tertiary/aromatic N) is 1. The summed E-state index contributed by atoms with van der Waals surface area (Å²) in [4.78, 5) is 15.7. The minimum Gasteiger partial charge on any atom is -0.507 e. The van der Waals surface area contributed by atoms with Crippen LogP contribution < -0.4 is 0 Å². The van der Waals surface area contributed by atoms with Crippen molar-refractivity contribution in [1.29, 1.82) is 0 Å². The summed E-state index contributed by atoms with van der Waals surface area (Å²) in [5, 5.41) is 21.3. The molecule has 4 nitrogen and oxygen atoms in total. The fraction of sp³-hybridized carbons (Fsp3) is 0.0526. The van der Waals surface area contributed by atoms with Gasteiger partial charge in [-0.3, -0.25) is 4.99 Å². The van der Waals surface area contributed by atoms with Crippen LogP contribution in [-0.4, -0.2) is 22.4 Å². The average Bonchev–Trinajstić information content (AvgIpc) is 2.57. The lowest BCUT2D eigenvalue weighted by molar-refractivity contribution is -0.138. The van der Waals surface area contributed by atoms with Gasteiger partial charge in [-0.15, -0.1) is 0 Å². The highest BCUT2D eigenvalue weighted by atomic mass is 16.4. The van der Waals surface area contributed by atoms with Crippen LogP contribution in [0.3, 0.4) is 0 Å². The van der Waals surface area contributed by atoms with Gasteiger partial charge in [-0.1, -0.05) is 60.7 Å². The third-order valence-electron chi connectivity index (χ3n) is 3.65. The molecule has 0 saturated carbocycles. The van der Waals surface area contributed by atoms with Crippen molar-refractivity contribution in [3.05, 3.63) is 77.9 Å². The van der Waals surface area contributed by atoms with Crippen LogP contribution in [0, 0.1) is 0 Å². The van der Waals surface area contributed by atoms with Crippen molar-refractivity contribution in [2.75, 3.05) is 0 Å². The van der Waals surface area contributed by atoms with Crippen molar-refractivity contribution in [2.24, 2.45) is 4.99 Å². The van der Waals surface area contributed by atoms with Gasteiger partial charge in [-0.25, -0.2) is 4.79 Å². The summed E-state index contributed by atoms with van der Waals surface area (Å²) in [5.41, 5.74) is 1.11. The van der Waals surface area contributed by atoms with Crippen LogP contribution in [0.25, 0.3) is 10.8 Å². The Kier molecular flexibility index (Phi) is 4.06. The second kappa shape index (κ2) is 6.32. The van der Waals surface area contributed by atoms with Crippen LogP contribution >= 0.6 is 0 Å². The number of phenolic OH excluding ortho intramolecular Hbond substituents is 1. The summed E-state index contributed by atoms with van der Waals surface area (Å²) in [7, 11) is 0. The topological polar surface area (TPSA) is 69.9 Å². The summed E-state index contributed by atoms with van der Waals surface area (Å²) in [5.74, 6) is -0.961. The first-order chi connectivity index (χ1) is 11.2. The van der Waals surface area contributed by atoms with E-state index in [1.165, 1.54) is 6.21 Å². The molecule has 0 unspecified atom stereocenters. The van der Waals surface area contributed by atoms with E-state index in [4.69, 9.17) is 0 Å². The van der Waals surface area contributed by atoms with Gasteiger partial charge in [0.15, 0.2) is 6.04 Å². The molecule has 3 rings (SSSR count). The van der Waals surface area contributed by atoms with E-state index in [-0.39, 0.29) is 5.75 Å². The van der Waals surface area contributed by atoms with Crippen LogP contribution in [0.1, 0.15) is 17.2 Å². The number of fused-ring (bicyclic) bond motifs is 1. The minimum absolute atomic E-state index is 0.0738. The molecule has 0 bridgehead atoms. The molecule has 0 fully saturated rings. The zero-order chi connectivity index (χ0) is 16.2. The van der Waals surface area contributed by atoms with E-state index in [0.29, 0.717) is 11.1 Å². The molecule has 0 aromatic heterocycles. The molecule has 1 atom stereocenters. The Hall–Kier alpha value is -3.14. The van der Waals surface area contributed by atoms with E-state index < -0.39 is 12.0 Å². The van der Waals surface area contributed by atoms with E-state index in [9.17, 15) is 15.0 Å². The van der Waals surface area contributed by atoms with Crippen molar-refractivity contribution in [3.63, 3.8) is 0 Å². The molecule has 0 aliphatic heterocycles. The number of rotatable bonds is 4. The molecule has 0 aliphatic carbocycles. The van der Waals surface area contributed by atoms with Gasteiger partial charge >= 0.3 is 5.97 Å². The summed E-state index contributed by atoms with van der Waals surface area (Å²) in [6, 6.07) is 18.8. The average molecular weight is 305 g/mol. The lowest BCUT2D eigenvalue weighted by Crippen LogP contribution is -2.09. The molecule has 0 spiro atoms. The summed E-state index contributed by atoms with van der Waals surface area (Å²) < 4.78 is 0. The van der Waals surface area contributed by atoms with Crippen molar-refractivity contribution in [3.8, 4) is 5.75 Å².